The number of hydrogen-bond donors (Lipinski definition) is 0. The van der Waals surface area contributed by atoms with Crippen LogP contribution in [0.1, 0.15) is 46.5 Å². The first-order chi connectivity index (χ1) is 16.9. The summed E-state index contributed by atoms with van der Waals surface area (Å²) < 4.78 is 38.7. The summed E-state index contributed by atoms with van der Waals surface area (Å²) in [7, 11) is 1.18. The van der Waals surface area contributed by atoms with E-state index in [1.54, 1.807) is 17.0 Å². The zero-order valence-electron chi connectivity index (χ0n) is 20.2. The molecule has 35 heavy (non-hydrogen) atoms. The van der Waals surface area contributed by atoms with Crippen LogP contribution in [-0.2, 0) is 29.0 Å². The molecule has 2 aliphatic heterocycles. The van der Waals surface area contributed by atoms with Crippen LogP contribution in [-0.4, -0.2) is 61.5 Å². The van der Waals surface area contributed by atoms with Crippen LogP contribution < -0.4 is 4.74 Å². The zero-order chi connectivity index (χ0) is 25.5. The normalized spacial score (nSPS) is 15.0. The molecule has 0 N–H and O–H groups in total. The molecule has 0 unspecified atom stereocenters. The van der Waals surface area contributed by atoms with Crippen molar-refractivity contribution in [1.29, 1.82) is 5.26 Å². The van der Waals surface area contributed by atoms with Crippen LogP contribution in [0.2, 0.25) is 0 Å². The van der Waals surface area contributed by atoms with Crippen molar-refractivity contribution < 1.29 is 27.8 Å². The van der Waals surface area contributed by atoms with Crippen molar-refractivity contribution >= 4 is 11.9 Å². The van der Waals surface area contributed by atoms with Gasteiger partial charge in [0.05, 0.1) is 24.7 Å². The highest BCUT2D eigenvalue weighted by atomic mass is 19.1. The molecule has 9 heteroatoms. The van der Waals surface area contributed by atoms with E-state index in [0.29, 0.717) is 38.3 Å². The van der Waals surface area contributed by atoms with Crippen molar-refractivity contribution in [3.63, 3.8) is 0 Å². The minimum atomic E-state index is -0.962. The van der Waals surface area contributed by atoms with E-state index in [2.05, 4.69) is 4.90 Å². The number of cyclic esters (lactones) is 1. The van der Waals surface area contributed by atoms with E-state index in [4.69, 9.17) is 14.7 Å². The second-order valence-electron chi connectivity index (χ2n) is 8.06. The predicted molar refractivity (Wildman–Crippen MR) is 125 cm³/mol. The number of halogens is 2. The van der Waals surface area contributed by atoms with Crippen molar-refractivity contribution in [3.8, 4) is 11.8 Å². The summed E-state index contributed by atoms with van der Waals surface area (Å²) in [5.74, 6) is -2.80. The second kappa shape index (κ2) is 11.8. The van der Waals surface area contributed by atoms with Crippen molar-refractivity contribution in [2.45, 2.75) is 33.3 Å². The molecular weight excluding hydrogens is 456 g/mol. The van der Waals surface area contributed by atoms with E-state index in [9.17, 15) is 18.4 Å². The van der Waals surface area contributed by atoms with Crippen LogP contribution in [0.3, 0.4) is 0 Å². The third kappa shape index (κ3) is 5.77. The van der Waals surface area contributed by atoms with Gasteiger partial charge in [0.25, 0.3) is 0 Å². The fourth-order valence-electron chi connectivity index (χ4n) is 4.21. The van der Waals surface area contributed by atoms with E-state index in [1.807, 2.05) is 26.0 Å². The van der Waals surface area contributed by atoms with E-state index < -0.39 is 22.9 Å². The highest BCUT2D eigenvalue weighted by Crippen LogP contribution is 2.29. The molecule has 0 aliphatic carbocycles. The Balaban J connectivity index is 0.00000167. The molecule has 2 aromatic rings. The minimum absolute atomic E-state index is 0.180. The molecule has 7 nitrogen and oxygen atoms in total. The summed E-state index contributed by atoms with van der Waals surface area (Å²) in [4.78, 5) is 28.2. The zero-order valence-corrected chi connectivity index (χ0v) is 20.2. The summed E-state index contributed by atoms with van der Waals surface area (Å²) in [5.41, 5.74) is 2.02. The summed E-state index contributed by atoms with van der Waals surface area (Å²) in [5, 5.41) is 8.92. The Bertz CT molecular complexity index is 1140. The number of amides is 1. The maximum Gasteiger partial charge on any atom is 0.338 e. The average molecular weight is 486 g/mol. The highest BCUT2D eigenvalue weighted by molar-refractivity contribution is 5.93. The molecule has 1 amide bonds. The Morgan fingerprint density at radius 3 is 2.54 bits per heavy atom. The first kappa shape index (κ1) is 26.1. The van der Waals surface area contributed by atoms with E-state index in [0.717, 1.165) is 30.2 Å². The van der Waals surface area contributed by atoms with Crippen molar-refractivity contribution in [3.05, 3.63) is 63.7 Å². The molecule has 2 heterocycles. The Hall–Kier alpha value is -3.51. The van der Waals surface area contributed by atoms with E-state index >= 15 is 0 Å². The molecule has 1 fully saturated rings. The van der Waals surface area contributed by atoms with Gasteiger partial charge in [-0.2, -0.15) is 5.26 Å². The average Bonchev–Trinajstić information content (AvgIpc) is 3.26. The minimum Gasteiger partial charge on any atom is -0.493 e. The quantitative estimate of drug-likeness (QED) is 0.583. The molecule has 0 radical (unpaired) electrons. The predicted octanol–water partition coefficient (Wildman–Crippen LogP) is 3.47. The van der Waals surface area contributed by atoms with Gasteiger partial charge in [-0.15, -0.1) is 0 Å². The molecule has 1 saturated heterocycles. The molecule has 2 aromatic carbocycles. The van der Waals surface area contributed by atoms with Gasteiger partial charge in [0, 0.05) is 43.9 Å². The monoisotopic (exact) mass is 485 g/mol. The first-order valence-corrected chi connectivity index (χ1v) is 11.6. The molecule has 0 bridgehead atoms. The number of carbonyl (C=O) groups excluding carboxylic acids is 2. The molecule has 0 atom stereocenters. The molecule has 2 aliphatic rings. The van der Waals surface area contributed by atoms with Crippen LogP contribution in [0.5, 0.6) is 5.75 Å². The highest BCUT2D eigenvalue weighted by Gasteiger charge is 2.26. The van der Waals surface area contributed by atoms with Crippen LogP contribution in [0.15, 0.2) is 24.3 Å². The Labute approximate surface area is 203 Å². The lowest BCUT2D eigenvalue weighted by molar-refractivity contribution is -0.132. The number of piperazine rings is 1. The summed E-state index contributed by atoms with van der Waals surface area (Å²) in [6.07, 6.45) is 0.468. The van der Waals surface area contributed by atoms with Crippen LogP contribution >= 0.6 is 0 Å². The second-order valence-corrected chi connectivity index (χ2v) is 8.06. The maximum absolute atomic E-state index is 14.4. The number of nitriles is 1. The largest absolute Gasteiger partial charge is 0.493 e. The van der Waals surface area contributed by atoms with E-state index in [-0.39, 0.29) is 23.9 Å². The fourth-order valence-corrected chi connectivity index (χ4v) is 4.21. The lowest BCUT2D eigenvalue weighted by Crippen LogP contribution is -2.49. The van der Waals surface area contributed by atoms with Gasteiger partial charge in [-0.25, -0.2) is 13.6 Å². The third-order valence-electron chi connectivity index (χ3n) is 6.11. The maximum atomic E-state index is 14.4. The number of benzene rings is 2. The number of hydrogen-bond acceptors (Lipinski definition) is 6. The molecule has 186 valence electrons. The molecule has 0 spiro atoms. The van der Waals surface area contributed by atoms with Gasteiger partial charge in [-0.1, -0.05) is 26.0 Å². The van der Waals surface area contributed by atoms with Crippen LogP contribution in [0.25, 0.3) is 0 Å². The van der Waals surface area contributed by atoms with Gasteiger partial charge < -0.3 is 14.4 Å². The van der Waals surface area contributed by atoms with Crippen molar-refractivity contribution in [2.24, 2.45) is 0 Å². The van der Waals surface area contributed by atoms with Crippen molar-refractivity contribution in [2.75, 3.05) is 39.8 Å². The SMILES string of the molecule is CC.COc1c(F)c(C#N)cc(F)c1CC(=O)N1CCN(CCc2ccc3c(c2)COC3=O)CC1. The summed E-state index contributed by atoms with van der Waals surface area (Å²) >= 11 is 0. The van der Waals surface area contributed by atoms with E-state index in [1.165, 1.54) is 7.11 Å². The number of carbonyl (C=O) groups is 2. The number of ether oxygens (including phenoxy) is 2. The van der Waals surface area contributed by atoms with Crippen LogP contribution in [0.4, 0.5) is 8.78 Å². The number of methoxy groups -OCH3 is 1. The fraction of sp³-hybridized carbons (Fsp3) is 0.423. The number of rotatable bonds is 6. The lowest BCUT2D eigenvalue weighted by atomic mass is 10.0. The van der Waals surface area contributed by atoms with Gasteiger partial charge in [-0.05, 0) is 24.1 Å². The third-order valence-corrected chi connectivity index (χ3v) is 6.11. The Morgan fingerprint density at radius 1 is 1.17 bits per heavy atom. The summed E-state index contributed by atoms with van der Waals surface area (Å²) in [6, 6.07) is 8.11. The summed E-state index contributed by atoms with van der Waals surface area (Å²) in [6.45, 7) is 7.41. The molecule has 0 saturated carbocycles. The molecule has 4 rings (SSSR count). The Kier molecular flexibility index (Phi) is 8.77. The smallest absolute Gasteiger partial charge is 0.338 e. The molecular formula is C26H29F2N3O4. The van der Waals surface area contributed by atoms with Gasteiger partial charge in [0.2, 0.25) is 5.91 Å². The number of nitrogens with zero attached hydrogens (tertiary/aromatic N) is 3. The van der Waals surface area contributed by atoms with Gasteiger partial charge >= 0.3 is 5.97 Å². The number of fused-ring (bicyclic) bond motifs is 1. The van der Waals surface area contributed by atoms with Gasteiger partial charge in [0.15, 0.2) is 11.6 Å². The standard InChI is InChI=1S/C24H23F2N3O4.C2H6/c1-32-23-19(20(25)11-16(13-27)22(23)26)12-21(30)29-8-6-28(7-9-29)5-4-15-2-3-18-17(10-15)14-33-24(18)31;1-2/h2-3,10-11H,4-9,12,14H2,1H3;1-2H3. The van der Waals surface area contributed by atoms with Gasteiger partial charge in [-0.3, -0.25) is 9.69 Å². The van der Waals surface area contributed by atoms with Gasteiger partial charge in [0.1, 0.15) is 18.5 Å². The topological polar surface area (TPSA) is 82.9 Å². The molecule has 0 aromatic heterocycles. The number of esters is 1. The Morgan fingerprint density at radius 2 is 1.89 bits per heavy atom. The lowest BCUT2D eigenvalue weighted by Gasteiger charge is -2.35. The van der Waals surface area contributed by atoms with Crippen LogP contribution in [0, 0.1) is 23.0 Å². The van der Waals surface area contributed by atoms with Crippen molar-refractivity contribution in [1.82, 2.24) is 9.80 Å². The first-order valence-electron chi connectivity index (χ1n) is 11.6.